The quantitative estimate of drug-likeness (QED) is 0.834. The maximum absolute atomic E-state index is 13.0. The molecule has 6 heteroatoms. The number of aryl methyl sites for hydroxylation is 1. The second-order valence-corrected chi connectivity index (χ2v) is 8.70. The Morgan fingerprint density at radius 3 is 2.35 bits per heavy atom. The number of amides is 1. The third kappa shape index (κ3) is 2.98. The molecule has 0 spiro atoms. The van der Waals surface area contributed by atoms with Gasteiger partial charge in [0.05, 0.1) is 10.6 Å². The topological polar surface area (TPSA) is 57.7 Å². The van der Waals surface area contributed by atoms with Gasteiger partial charge in [0.15, 0.2) is 0 Å². The molecule has 136 valence electrons. The fourth-order valence-corrected chi connectivity index (χ4v) is 5.33. The van der Waals surface area contributed by atoms with Gasteiger partial charge < -0.3 is 4.90 Å². The van der Waals surface area contributed by atoms with E-state index in [-0.39, 0.29) is 5.91 Å². The Bertz CT molecular complexity index is 919. The van der Waals surface area contributed by atoms with Gasteiger partial charge in [-0.3, -0.25) is 9.10 Å². The lowest BCUT2D eigenvalue weighted by Crippen LogP contribution is -2.35. The number of likely N-dealkylation sites (tertiary alicyclic amines) is 1. The molecule has 1 amide bonds. The number of fused-ring (bicyclic) bond motifs is 1. The van der Waals surface area contributed by atoms with E-state index in [1.807, 2.05) is 11.0 Å². The Hall–Kier alpha value is -2.34. The van der Waals surface area contributed by atoms with Crippen molar-refractivity contribution in [1.29, 1.82) is 0 Å². The van der Waals surface area contributed by atoms with Gasteiger partial charge in [-0.15, -0.1) is 0 Å². The molecule has 0 atom stereocenters. The smallest absolute Gasteiger partial charge is 0.264 e. The number of anilines is 1. The van der Waals surface area contributed by atoms with Gasteiger partial charge in [0.1, 0.15) is 0 Å². The highest BCUT2D eigenvalue weighted by Crippen LogP contribution is 2.33. The van der Waals surface area contributed by atoms with E-state index in [0.717, 1.165) is 44.3 Å². The van der Waals surface area contributed by atoms with Crippen LogP contribution in [0.2, 0.25) is 0 Å². The minimum atomic E-state index is -3.59. The van der Waals surface area contributed by atoms with Crippen molar-refractivity contribution in [3.63, 3.8) is 0 Å². The van der Waals surface area contributed by atoms with Crippen molar-refractivity contribution in [3.05, 3.63) is 59.7 Å². The SMILES string of the molecule is O=C(c1ccc2c(c1)CCCN2S(=O)(=O)c1ccccc1)N1CCCC1. The minimum absolute atomic E-state index is 0.0494. The van der Waals surface area contributed by atoms with Crippen LogP contribution in [0.25, 0.3) is 0 Å². The van der Waals surface area contributed by atoms with Crippen LogP contribution in [0.4, 0.5) is 5.69 Å². The van der Waals surface area contributed by atoms with Crippen molar-refractivity contribution in [2.75, 3.05) is 23.9 Å². The number of rotatable bonds is 3. The van der Waals surface area contributed by atoms with Gasteiger partial charge >= 0.3 is 0 Å². The standard InChI is InChI=1S/C20H22N2O3S/c23-20(21-12-4-5-13-21)17-10-11-19-16(15-17)7-6-14-22(19)26(24,25)18-8-2-1-3-9-18/h1-3,8-11,15H,4-7,12-14H2. The molecule has 2 aliphatic heterocycles. The lowest BCUT2D eigenvalue weighted by Gasteiger charge is -2.31. The summed E-state index contributed by atoms with van der Waals surface area (Å²) in [4.78, 5) is 14.8. The Labute approximate surface area is 154 Å². The molecule has 2 aliphatic rings. The van der Waals surface area contributed by atoms with Gasteiger partial charge in [0.25, 0.3) is 15.9 Å². The Morgan fingerprint density at radius 1 is 0.885 bits per heavy atom. The molecule has 0 aromatic heterocycles. The van der Waals surface area contributed by atoms with Crippen molar-refractivity contribution in [3.8, 4) is 0 Å². The summed E-state index contributed by atoms with van der Waals surface area (Å²) in [5.41, 5.74) is 2.28. The first-order valence-electron chi connectivity index (χ1n) is 9.07. The molecule has 0 bridgehead atoms. The number of sulfonamides is 1. The van der Waals surface area contributed by atoms with Crippen LogP contribution >= 0.6 is 0 Å². The highest BCUT2D eigenvalue weighted by Gasteiger charge is 2.30. The molecule has 0 N–H and O–H groups in total. The van der Waals surface area contributed by atoms with Crippen LogP contribution in [0.1, 0.15) is 35.2 Å². The number of nitrogens with zero attached hydrogens (tertiary/aromatic N) is 2. The highest BCUT2D eigenvalue weighted by atomic mass is 32.2. The summed E-state index contributed by atoms with van der Waals surface area (Å²) in [5.74, 6) is 0.0494. The van der Waals surface area contributed by atoms with Gasteiger partial charge in [-0.25, -0.2) is 8.42 Å². The van der Waals surface area contributed by atoms with E-state index in [0.29, 0.717) is 22.7 Å². The molecule has 2 heterocycles. The van der Waals surface area contributed by atoms with Crippen LogP contribution in [-0.4, -0.2) is 38.9 Å². The first-order chi connectivity index (χ1) is 12.6. The first-order valence-corrected chi connectivity index (χ1v) is 10.5. The zero-order chi connectivity index (χ0) is 18.1. The number of benzene rings is 2. The van der Waals surface area contributed by atoms with E-state index in [1.54, 1.807) is 42.5 Å². The molecule has 0 radical (unpaired) electrons. The lowest BCUT2D eigenvalue weighted by molar-refractivity contribution is 0.0792. The van der Waals surface area contributed by atoms with Crippen LogP contribution in [0.5, 0.6) is 0 Å². The van der Waals surface area contributed by atoms with Crippen LogP contribution in [0, 0.1) is 0 Å². The molecule has 2 aromatic rings. The van der Waals surface area contributed by atoms with Crippen LogP contribution in [-0.2, 0) is 16.4 Å². The Morgan fingerprint density at radius 2 is 1.62 bits per heavy atom. The van der Waals surface area contributed by atoms with Crippen LogP contribution in [0.15, 0.2) is 53.4 Å². The van der Waals surface area contributed by atoms with E-state index < -0.39 is 10.0 Å². The predicted molar refractivity (Wildman–Crippen MR) is 101 cm³/mol. The molecule has 0 saturated carbocycles. The van der Waals surface area contributed by atoms with Crippen molar-refractivity contribution < 1.29 is 13.2 Å². The average Bonchev–Trinajstić information content (AvgIpc) is 3.22. The van der Waals surface area contributed by atoms with Crippen molar-refractivity contribution in [2.45, 2.75) is 30.6 Å². The summed E-state index contributed by atoms with van der Waals surface area (Å²) >= 11 is 0. The number of hydrogen-bond acceptors (Lipinski definition) is 3. The van der Waals surface area contributed by atoms with Gasteiger partial charge in [-0.2, -0.15) is 0 Å². The maximum atomic E-state index is 13.0. The third-order valence-corrected chi connectivity index (χ3v) is 6.95. The summed E-state index contributed by atoms with van der Waals surface area (Å²) in [7, 11) is -3.59. The molecule has 5 nitrogen and oxygen atoms in total. The molecule has 1 fully saturated rings. The van der Waals surface area contributed by atoms with Gasteiger partial charge in [-0.05, 0) is 61.6 Å². The van der Waals surface area contributed by atoms with Crippen LogP contribution in [0.3, 0.4) is 0 Å². The monoisotopic (exact) mass is 370 g/mol. The Balaban J connectivity index is 1.68. The number of carbonyl (C=O) groups is 1. The van der Waals surface area contributed by atoms with E-state index in [2.05, 4.69) is 0 Å². The molecule has 0 unspecified atom stereocenters. The molecular formula is C20H22N2O3S. The van der Waals surface area contributed by atoms with Crippen molar-refractivity contribution >= 4 is 21.6 Å². The first kappa shape index (κ1) is 17.1. The van der Waals surface area contributed by atoms with E-state index in [4.69, 9.17) is 0 Å². The highest BCUT2D eigenvalue weighted by molar-refractivity contribution is 7.92. The zero-order valence-electron chi connectivity index (χ0n) is 14.6. The van der Waals surface area contributed by atoms with Crippen LogP contribution < -0.4 is 4.31 Å². The second-order valence-electron chi connectivity index (χ2n) is 6.84. The fourth-order valence-electron chi connectivity index (χ4n) is 3.77. The normalized spacial score (nSPS) is 17.2. The average molecular weight is 370 g/mol. The fraction of sp³-hybridized carbons (Fsp3) is 0.350. The molecular weight excluding hydrogens is 348 g/mol. The second kappa shape index (κ2) is 6.76. The van der Waals surface area contributed by atoms with Gasteiger partial charge in [0, 0.05) is 25.2 Å². The largest absolute Gasteiger partial charge is 0.339 e. The predicted octanol–water partition coefficient (Wildman–Crippen LogP) is 3.06. The summed E-state index contributed by atoms with van der Waals surface area (Å²) in [6.45, 7) is 2.08. The number of carbonyl (C=O) groups excluding carboxylic acids is 1. The molecule has 4 rings (SSSR count). The molecule has 1 saturated heterocycles. The minimum Gasteiger partial charge on any atom is -0.339 e. The van der Waals surface area contributed by atoms with Crippen molar-refractivity contribution in [1.82, 2.24) is 4.90 Å². The molecule has 26 heavy (non-hydrogen) atoms. The Kier molecular flexibility index (Phi) is 4.44. The zero-order valence-corrected chi connectivity index (χ0v) is 15.4. The maximum Gasteiger partial charge on any atom is 0.264 e. The third-order valence-electron chi connectivity index (χ3n) is 5.13. The van der Waals surface area contributed by atoms with Gasteiger partial charge in [-0.1, -0.05) is 18.2 Å². The van der Waals surface area contributed by atoms with Gasteiger partial charge in [0.2, 0.25) is 0 Å². The summed E-state index contributed by atoms with van der Waals surface area (Å²) in [6, 6.07) is 13.9. The summed E-state index contributed by atoms with van der Waals surface area (Å²) in [5, 5.41) is 0. The summed E-state index contributed by atoms with van der Waals surface area (Å²) in [6.07, 6.45) is 3.65. The van der Waals surface area contributed by atoms with Crippen molar-refractivity contribution in [2.24, 2.45) is 0 Å². The molecule has 2 aromatic carbocycles. The van der Waals surface area contributed by atoms with E-state index in [1.165, 1.54) is 4.31 Å². The lowest BCUT2D eigenvalue weighted by atomic mass is 10.0. The molecule has 0 aliphatic carbocycles. The van der Waals surface area contributed by atoms with E-state index in [9.17, 15) is 13.2 Å². The summed E-state index contributed by atoms with van der Waals surface area (Å²) < 4.78 is 27.5. The van der Waals surface area contributed by atoms with E-state index >= 15 is 0 Å². The number of hydrogen-bond donors (Lipinski definition) is 0.